The molecule has 2 heterocycles. The number of hydrogen-bond donors (Lipinski definition) is 2. The van der Waals surface area contributed by atoms with Gasteiger partial charge in [0.05, 0.1) is 25.1 Å². The van der Waals surface area contributed by atoms with Gasteiger partial charge in [-0.15, -0.1) is 11.6 Å². The van der Waals surface area contributed by atoms with E-state index in [1.807, 2.05) is 44.2 Å². The van der Waals surface area contributed by atoms with Crippen molar-refractivity contribution < 1.29 is 24.1 Å². The highest BCUT2D eigenvalue weighted by molar-refractivity contribution is 6.20. The van der Waals surface area contributed by atoms with Gasteiger partial charge in [0.25, 0.3) is 0 Å². The number of carbonyl (C=O) groups excluding carboxylic acids is 1. The Hall–Kier alpha value is -1.78. The number of nitrogens with two attached hydrogens (primary N) is 1. The summed E-state index contributed by atoms with van der Waals surface area (Å²) in [5.74, 6) is -0.772. The Bertz CT molecular complexity index is 722. The van der Waals surface area contributed by atoms with Gasteiger partial charge in [-0.3, -0.25) is 9.80 Å². The van der Waals surface area contributed by atoms with Crippen molar-refractivity contribution in [2.24, 2.45) is 16.1 Å². The SMILES string of the molecule is C/N=N\N(C(C)[C@@H](C)Cl)[C@@H]1[C@@H](O)[C@H](C(N)=O)O[C@@H]2CO[C@H](c3ccccc3)O[C@H]12. The summed E-state index contributed by atoms with van der Waals surface area (Å²) in [6.45, 7) is 3.84. The summed E-state index contributed by atoms with van der Waals surface area (Å²) in [6, 6.07) is 8.37. The first-order chi connectivity index (χ1) is 13.8. The first-order valence-corrected chi connectivity index (χ1v) is 9.95. The van der Waals surface area contributed by atoms with Crippen molar-refractivity contribution in [1.29, 1.82) is 0 Å². The molecule has 0 bridgehead atoms. The summed E-state index contributed by atoms with van der Waals surface area (Å²) < 4.78 is 17.8. The lowest BCUT2D eigenvalue weighted by Gasteiger charge is -2.51. The number of amides is 1. The van der Waals surface area contributed by atoms with Crippen LogP contribution < -0.4 is 5.73 Å². The maximum atomic E-state index is 11.9. The Labute approximate surface area is 174 Å². The van der Waals surface area contributed by atoms with Gasteiger partial charge in [-0.1, -0.05) is 35.6 Å². The molecule has 2 aliphatic rings. The number of halogens is 1. The average Bonchev–Trinajstić information content (AvgIpc) is 2.71. The second-order valence-corrected chi connectivity index (χ2v) is 7.93. The molecule has 29 heavy (non-hydrogen) atoms. The third-order valence-electron chi connectivity index (χ3n) is 5.31. The van der Waals surface area contributed by atoms with E-state index >= 15 is 0 Å². The predicted molar refractivity (Wildman–Crippen MR) is 105 cm³/mol. The number of ether oxygens (including phenoxy) is 3. The van der Waals surface area contributed by atoms with Crippen molar-refractivity contribution in [2.75, 3.05) is 13.7 Å². The van der Waals surface area contributed by atoms with Gasteiger partial charge in [-0.05, 0) is 13.8 Å². The molecule has 10 heteroatoms. The Morgan fingerprint density at radius 2 is 2.00 bits per heavy atom. The van der Waals surface area contributed by atoms with Crippen LogP contribution in [0.4, 0.5) is 0 Å². The molecule has 0 aliphatic carbocycles. The minimum Gasteiger partial charge on any atom is -0.388 e. The topological polar surface area (TPSA) is 119 Å². The van der Waals surface area contributed by atoms with Crippen LogP contribution in [0, 0.1) is 0 Å². The second-order valence-electron chi connectivity index (χ2n) is 7.24. The van der Waals surface area contributed by atoms with Crippen molar-refractivity contribution >= 4 is 17.5 Å². The van der Waals surface area contributed by atoms with Crippen molar-refractivity contribution in [2.45, 2.75) is 62.0 Å². The van der Waals surface area contributed by atoms with E-state index in [0.717, 1.165) is 5.56 Å². The quantitative estimate of drug-likeness (QED) is 0.403. The summed E-state index contributed by atoms with van der Waals surface area (Å²) in [4.78, 5) is 11.9. The van der Waals surface area contributed by atoms with Gasteiger partial charge in [0, 0.05) is 5.56 Å². The number of rotatable bonds is 6. The molecule has 3 rings (SSSR count). The summed E-state index contributed by atoms with van der Waals surface area (Å²) in [5.41, 5.74) is 6.30. The molecule has 1 amide bonds. The molecule has 1 aromatic rings. The number of aliphatic hydroxyl groups excluding tert-OH is 1. The first-order valence-electron chi connectivity index (χ1n) is 9.52. The van der Waals surface area contributed by atoms with Crippen molar-refractivity contribution in [1.82, 2.24) is 5.01 Å². The number of fused-ring (bicyclic) bond motifs is 1. The van der Waals surface area contributed by atoms with Gasteiger partial charge in [0.2, 0.25) is 5.91 Å². The highest BCUT2D eigenvalue weighted by Gasteiger charge is 2.54. The molecule has 0 radical (unpaired) electrons. The monoisotopic (exact) mass is 426 g/mol. The molecule has 0 saturated carbocycles. The fraction of sp³-hybridized carbons (Fsp3) is 0.632. The zero-order valence-electron chi connectivity index (χ0n) is 16.6. The van der Waals surface area contributed by atoms with Crippen LogP contribution in [-0.2, 0) is 19.0 Å². The van der Waals surface area contributed by atoms with E-state index in [1.54, 1.807) is 5.01 Å². The van der Waals surface area contributed by atoms with Gasteiger partial charge >= 0.3 is 0 Å². The van der Waals surface area contributed by atoms with E-state index < -0.39 is 42.7 Å². The highest BCUT2D eigenvalue weighted by Crippen LogP contribution is 2.37. The number of aliphatic hydroxyl groups is 1. The van der Waals surface area contributed by atoms with Crippen LogP contribution in [0.5, 0.6) is 0 Å². The van der Waals surface area contributed by atoms with E-state index in [2.05, 4.69) is 10.3 Å². The summed E-state index contributed by atoms with van der Waals surface area (Å²) >= 11 is 6.31. The van der Waals surface area contributed by atoms with Gasteiger partial charge in [-0.25, -0.2) is 0 Å². The molecule has 1 unspecified atom stereocenters. The van der Waals surface area contributed by atoms with Crippen LogP contribution in [0.2, 0.25) is 0 Å². The molecule has 2 aliphatic heterocycles. The predicted octanol–water partition coefficient (Wildman–Crippen LogP) is 1.40. The van der Waals surface area contributed by atoms with Crippen molar-refractivity contribution in [3.63, 3.8) is 0 Å². The summed E-state index contributed by atoms with van der Waals surface area (Å²) in [5, 5.41) is 20.3. The van der Waals surface area contributed by atoms with Crippen LogP contribution >= 0.6 is 11.6 Å². The fourth-order valence-corrected chi connectivity index (χ4v) is 3.78. The molecule has 8 atom stereocenters. The maximum Gasteiger partial charge on any atom is 0.249 e. The molecule has 0 aromatic heterocycles. The maximum absolute atomic E-state index is 11.9. The van der Waals surface area contributed by atoms with Crippen LogP contribution in [0.1, 0.15) is 25.7 Å². The number of benzene rings is 1. The van der Waals surface area contributed by atoms with Crippen molar-refractivity contribution in [3.8, 4) is 0 Å². The molecule has 9 nitrogen and oxygen atoms in total. The lowest BCUT2D eigenvalue weighted by molar-refractivity contribution is -0.317. The fourth-order valence-electron chi connectivity index (χ4n) is 3.66. The van der Waals surface area contributed by atoms with E-state index in [-0.39, 0.29) is 18.0 Å². The molecule has 1 aromatic carbocycles. The molecule has 2 fully saturated rings. The van der Waals surface area contributed by atoms with Gasteiger partial charge in [0.1, 0.15) is 24.4 Å². The third kappa shape index (κ3) is 4.54. The Morgan fingerprint density at radius 1 is 1.31 bits per heavy atom. The average molecular weight is 427 g/mol. The van der Waals surface area contributed by atoms with Gasteiger partial charge in [-0.2, -0.15) is 5.11 Å². The van der Waals surface area contributed by atoms with E-state index in [4.69, 9.17) is 31.5 Å². The zero-order chi connectivity index (χ0) is 21.1. The molecule has 160 valence electrons. The number of alkyl halides is 1. The number of carbonyl (C=O) groups is 1. The molecule has 3 N–H and O–H groups in total. The largest absolute Gasteiger partial charge is 0.388 e. The Kier molecular flexibility index (Phi) is 7.07. The smallest absolute Gasteiger partial charge is 0.249 e. The summed E-state index contributed by atoms with van der Waals surface area (Å²) in [7, 11) is 1.52. The van der Waals surface area contributed by atoms with Gasteiger partial charge in [0.15, 0.2) is 12.4 Å². The van der Waals surface area contributed by atoms with Crippen LogP contribution in [0.3, 0.4) is 0 Å². The second kappa shape index (κ2) is 9.36. The van der Waals surface area contributed by atoms with Gasteiger partial charge < -0.3 is 25.1 Å². The molecular weight excluding hydrogens is 400 g/mol. The lowest BCUT2D eigenvalue weighted by atomic mass is 9.90. The lowest BCUT2D eigenvalue weighted by Crippen LogP contribution is -2.69. The third-order valence-corrected chi connectivity index (χ3v) is 5.67. The summed E-state index contributed by atoms with van der Waals surface area (Å²) in [6.07, 6.45) is -4.43. The standard InChI is InChI=1S/C19H27ClN4O5/c1-10(20)11(2)24(23-22-3)14-15(25)17(18(21)26)28-13-9-27-19(29-16(13)14)12-7-5-4-6-8-12/h4-8,10-11,13-17,19,25H,9H2,1-3H3,(H2,21,26)/b23-22-/t10-,11?,13-,14-,15-,16+,17-,19+/m1/s1. The molecular formula is C19H27ClN4O5. The minimum absolute atomic E-state index is 0.166. The molecule has 2 saturated heterocycles. The Morgan fingerprint density at radius 3 is 2.59 bits per heavy atom. The van der Waals surface area contributed by atoms with Crippen LogP contribution in [0.25, 0.3) is 0 Å². The highest BCUT2D eigenvalue weighted by atomic mass is 35.5. The molecule has 0 spiro atoms. The van der Waals surface area contributed by atoms with E-state index in [1.165, 1.54) is 7.05 Å². The van der Waals surface area contributed by atoms with Crippen LogP contribution in [0.15, 0.2) is 40.7 Å². The van der Waals surface area contributed by atoms with Crippen LogP contribution in [-0.4, -0.2) is 71.6 Å². The number of nitrogens with zero attached hydrogens (tertiary/aromatic N) is 3. The van der Waals surface area contributed by atoms with E-state index in [0.29, 0.717) is 0 Å². The zero-order valence-corrected chi connectivity index (χ0v) is 17.3. The first kappa shape index (κ1) is 21.9. The number of primary amides is 1. The normalized spacial score (nSPS) is 34.4. The minimum atomic E-state index is -1.29. The number of hydrogen-bond acceptors (Lipinski definition) is 7. The van der Waals surface area contributed by atoms with E-state index in [9.17, 15) is 9.90 Å². The van der Waals surface area contributed by atoms with Crippen molar-refractivity contribution in [3.05, 3.63) is 35.9 Å². The Balaban J connectivity index is 1.96.